The molecule has 0 bridgehead atoms. The number of hydrogen-bond donors (Lipinski definition) is 2. The van der Waals surface area contributed by atoms with Gasteiger partial charge in [0.05, 0.1) is 6.54 Å². The van der Waals surface area contributed by atoms with Crippen molar-refractivity contribution in [2.45, 2.75) is 6.54 Å². The highest BCUT2D eigenvalue weighted by molar-refractivity contribution is 5.96. The molecular formula is C17H15FN2O4. The van der Waals surface area contributed by atoms with E-state index >= 15 is 0 Å². The first-order valence-corrected chi connectivity index (χ1v) is 7.31. The molecule has 0 fully saturated rings. The Labute approximate surface area is 137 Å². The molecule has 0 aromatic heterocycles. The van der Waals surface area contributed by atoms with Crippen LogP contribution in [0.25, 0.3) is 0 Å². The summed E-state index contributed by atoms with van der Waals surface area (Å²) in [4.78, 5) is 23.6. The average Bonchev–Trinajstić information content (AvgIpc) is 3.06. The second-order valence-corrected chi connectivity index (χ2v) is 5.15. The first-order valence-electron chi connectivity index (χ1n) is 7.31. The summed E-state index contributed by atoms with van der Waals surface area (Å²) in [5.41, 5.74) is 1.15. The van der Waals surface area contributed by atoms with Crippen LogP contribution in [0.3, 0.4) is 0 Å². The van der Waals surface area contributed by atoms with Gasteiger partial charge in [0.1, 0.15) is 5.82 Å². The monoisotopic (exact) mass is 330 g/mol. The van der Waals surface area contributed by atoms with Gasteiger partial charge >= 0.3 is 0 Å². The van der Waals surface area contributed by atoms with Crippen molar-refractivity contribution in [3.63, 3.8) is 0 Å². The van der Waals surface area contributed by atoms with E-state index in [4.69, 9.17) is 9.47 Å². The number of ether oxygens (including phenoxy) is 2. The van der Waals surface area contributed by atoms with Crippen LogP contribution in [0.4, 0.5) is 4.39 Å². The fourth-order valence-corrected chi connectivity index (χ4v) is 2.18. The predicted molar refractivity (Wildman–Crippen MR) is 83.1 cm³/mol. The number of nitrogens with one attached hydrogen (secondary N) is 2. The Morgan fingerprint density at radius 3 is 2.54 bits per heavy atom. The molecule has 2 aromatic carbocycles. The van der Waals surface area contributed by atoms with Gasteiger partial charge in [-0.05, 0) is 42.0 Å². The van der Waals surface area contributed by atoms with Gasteiger partial charge in [0.2, 0.25) is 12.7 Å². The smallest absolute Gasteiger partial charge is 0.251 e. The van der Waals surface area contributed by atoms with Crippen LogP contribution in [-0.2, 0) is 11.3 Å². The lowest BCUT2D eigenvalue weighted by Gasteiger charge is -2.08. The number of fused-ring (bicyclic) bond motifs is 1. The lowest BCUT2D eigenvalue weighted by Crippen LogP contribution is -2.36. The van der Waals surface area contributed by atoms with Crippen LogP contribution in [0, 0.1) is 5.82 Å². The number of hydrogen-bond acceptors (Lipinski definition) is 4. The maximum absolute atomic E-state index is 12.8. The fraction of sp³-hybridized carbons (Fsp3) is 0.176. The summed E-state index contributed by atoms with van der Waals surface area (Å²) in [6.07, 6.45) is 0. The molecule has 0 saturated carbocycles. The Morgan fingerprint density at radius 2 is 1.75 bits per heavy atom. The summed E-state index contributed by atoms with van der Waals surface area (Å²) in [5.74, 6) is 0.132. The highest BCUT2D eigenvalue weighted by atomic mass is 19.1. The third kappa shape index (κ3) is 3.81. The van der Waals surface area contributed by atoms with Crippen LogP contribution in [0.15, 0.2) is 42.5 Å². The van der Waals surface area contributed by atoms with Gasteiger partial charge in [-0.1, -0.05) is 6.07 Å². The Morgan fingerprint density at radius 1 is 1.00 bits per heavy atom. The van der Waals surface area contributed by atoms with Crippen LogP contribution < -0.4 is 20.1 Å². The van der Waals surface area contributed by atoms with Crippen LogP contribution >= 0.6 is 0 Å². The van der Waals surface area contributed by atoms with E-state index in [1.807, 2.05) is 6.07 Å². The SMILES string of the molecule is O=C(CNC(=O)c1ccc(F)cc1)NCc1ccc2c(c1)OCO2. The minimum absolute atomic E-state index is 0.166. The molecule has 6 nitrogen and oxygen atoms in total. The van der Waals surface area contributed by atoms with Crippen LogP contribution in [0.2, 0.25) is 0 Å². The van der Waals surface area contributed by atoms with E-state index in [-0.39, 0.29) is 19.2 Å². The second kappa shape index (κ2) is 6.99. The maximum atomic E-state index is 12.8. The van der Waals surface area contributed by atoms with E-state index in [0.717, 1.165) is 5.56 Å². The van der Waals surface area contributed by atoms with Gasteiger partial charge in [0.15, 0.2) is 11.5 Å². The fourth-order valence-electron chi connectivity index (χ4n) is 2.18. The van der Waals surface area contributed by atoms with Crippen molar-refractivity contribution in [2.24, 2.45) is 0 Å². The summed E-state index contributed by atoms with van der Waals surface area (Å²) in [7, 11) is 0. The normalized spacial score (nSPS) is 11.9. The Kier molecular flexibility index (Phi) is 4.60. The topological polar surface area (TPSA) is 76.7 Å². The standard InChI is InChI=1S/C17H15FN2O4/c18-13-4-2-12(3-5-13)17(22)20-9-16(21)19-8-11-1-6-14-15(7-11)24-10-23-14/h1-7H,8-10H2,(H,19,21)(H,20,22). The first kappa shape index (κ1) is 15.8. The van der Waals surface area contributed by atoms with Gasteiger partial charge in [-0.15, -0.1) is 0 Å². The number of rotatable bonds is 5. The second-order valence-electron chi connectivity index (χ2n) is 5.15. The van der Waals surface area contributed by atoms with Crippen molar-refractivity contribution in [3.05, 3.63) is 59.4 Å². The summed E-state index contributed by atoms with van der Waals surface area (Å²) in [6, 6.07) is 10.5. The molecule has 2 amide bonds. The predicted octanol–water partition coefficient (Wildman–Crippen LogP) is 1.60. The Balaban J connectivity index is 1.46. The van der Waals surface area contributed by atoms with Crippen molar-refractivity contribution >= 4 is 11.8 Å². The molecule has 7 heteroatoms. The molecule has 124 valence electrons. The number of halogens is 1. The number of amides is 2. The molecule has 2 aromatic rings. The third-order valence-corrected chi connectivity index (χ3v) is 3.44. The molecule has 2 N–H and O–H groups in total. The Bertz CT molecular complexity index is 762. The number of carbonyl (C=O) groups is 2. The average molecular weight is 330 g/mol. The van der Waals surface area contributed by atoms with Gasteiger partial charge in [0, 0.05) is 12.1 Å². The van der Waals surface area contributed by atoms with E-state index in [2.05, 4.69) is 10.6 Å². The maximum Gasteiger partial charge on any atom is 0.251 e. The van der Waals surface area contributed by atoms with Gasteiger partial charge in [-0.2, -0.15) is 0 Å². The summed E-state index contributed by atoms with van der Waals surface area (Å²) < 4.78 is 23.3. The number of carbonyl (C=O) groups excluding carboxylic acids is 2. The molecule has 1 heterocycles. The molecule has 3 rings (SSSR count). The Hall–Kier alpha value is -3.09. The molecule has 0 spiro atoms. The largest absolute Gasteiger partial charge is 0.454 e. The summed E-state index contributed by atoms with van der Waals surface area (Å²) >= 11 is 0. The molecule has 0 saturated heterocycles. The van der Waals surface area contributed by atoms with Crippen molar-refractivity contribution in [1.82, 2.24) is 10.6 Å². The van der Waals surface area contributed by atoms with Crippen molar-refractivity contribution in [2.75, 3.05) is 13.3 Å². The lowest BCUT2D eigenvalue weighted by molar-refractivity contribution is -0.120. The van der Waals surface area contributed by atoms with E-state index in [1.165, 1.54) is 24.3 Å². The number of benzene rings is 2. The molecule has 24 heavy (non-hydrogen) atoms. The minimum Gasteiger partial charge on any atom is -0.454 e. The zero-order valence-corrected chi connectivity index (χ0v) is 12.7. The van der Waals surface area contributed by atoms with Crippen molar-refractivity contribution in [1.29, 1.82) is 0 Å². The van der Waals surface area contributed by atoms with E-state index in [1.54, 1.807) is 12.1 Å². The highest BCUT2D eigenvalue weighted by Crippen LogP contribution is 2.32. The molecule has 0 unspecified atom stereocenters. The van der Waals surface area contributed by atoms with E-state index in [9.17, 15) is 14.0 Å². The zero-order chi connectivity index (χ0) is 16.9. The molecule has 0 aliphatic carbocycles. The van der Waals surface area contributed by atoms with Gasteiger partial charge in [-0.3, -0.25) is 9.59 Å². The third-order valence-electron chi connectivity index (χ3n) is 3.44. The van der Waals surface area contributed by atoms with Crippen LogP contribution in [-0.4, -0.2) is 25.2 Å². The molecule has 0 radical (unpaired) electrons. The van der Waals surface area contributed by atoms with Crippen molar-refractivity contribution in [3.8, 4) is 11.5 Å². The summed E-state index contributed by atoms with van der Waals surface area (Å²) in [6.45, 7) is 0.337. The van der Waals surface area contributed by atoms with Gasteiger partial charge < -0.3 is 20.1 Å². The highest BCUT2D eigenvalue weighted by Gasteiger charge is 2.13. The minimum atomic E-state index is -0.437. The zero-order valence-electron chi connectivity index (χ0n) is 12.7. The molecular weight excluding hydrogens is 315 g/mol. The van der Waals surface area contributed by atoms with Gasteiger partial charge in [0.25, 0.3) is 5.91 Å². The molecule has 1 aliphatic rings. The molecule has 1 aliphatic heterocycles. The van der Waals surface area contributed by atoms with E-state index in [0.29, 0.717) is 23.6 Å². The van der Waals surface area contributed by atoms with E-state index < -0.39 is 11.7 Å². The van der Waals surface area contributed by atoms with Crippen LogP contribution in [0.1, 0.15) is 15.9 Å². The van der Waals surface area contributed by atoms with Crippen molar-refractivity contribution < 1.29 is 23.5 Å². The van der Waals surface area contributed by atoms with Crippen LogP contribution in [0.5, 0.6) is 11.5 Å². The first-order chi connectivity index (χ1) is 11.6. The summed E-state index contributed by atoms with van der Waals surface area (Å²) in [5, 5.41) is 5.17. The lowest BCUT2D eigenvalue weighted by atomic mass is 10.2. The quantitative estimate of drug-likeness (QED) is 0.873. The molecule has 0 atom stereocenters. The van der Waals surface area contributed by atoms with Gasteiger partial charge in [-0.25, -0.2) is 4.39 Å².